The molecule has 2 aromatic carbocycles. The molecule has 0 N–H and O–H groups in total. The molecule has 1 aliphatic rings. The molecule has 2 amide bonds. The Morgan fingerprint density at radius 3 is 1.91 bits per heavy atom. The monoisotopic (exact) mass is 438 g/mol. The number of nitrogens with zero attached hydrogens (tertiary/aromatic N) is 2. The van der Waals surface area contributed by atoms with E-state index in [-0.39, 0.29) is 18.4 Å². The SMILES string of the molecule is CCCc1ccc(OCC(=O)N2CCCN(C(=O)Cc3ccc(OCC)cc3)CC2)cc1. The van der Waals surface area contributed by atoms with Crippen LogP contribution in [-0.2, 0) is 22.4 Å². The van der Waals surface area contributed by atoms with Gasteiger partial charge in [0.15, 0.2) is 6.61 Å². The van der Waals surface area contributed by atoms with Gasteiger partial charge in [0.2, 0.25) is 5.91 Å². The van der Waals surface area contributed by atoms with Crippen molar-refractivity contribution in [3.63, 3.8) is 0 Å². The van der Waals surface area contributed by atoms with Crippen LogP contribution in [0.4, 0.5) is 0 Å². The molecule has 0 aromatic heterocycles. The molecular weight excluding hydrogens is 404 g/mol. The van der Waals surface area contributed by atoms with Crippen LogP contribution in [0, 0.1) is 0 Å². The van der Waals surface area contributed by atoms with E-state index in [4.69, 9.17) is 9.47 Å². The number of ether oxygens (including phenoxy) is 2. The number of amides is 2. The molecule has 0 spiro atoms. The molecule has 0 saturated carbocycles. The first kappa shape index (κ1) is 23.6. The van der Waals surface area contributed by atoms with Gasteiger partial charge in [-0.1, -0.05) is 37.6 Å². The summed E-state index contributed by atoms with van der Waals surface area (Å²) in [7, 11) is 0. The summed E-state index contributed by atoms with van der Waals surface area (Å²) >= 11 is 0. The van der Waals surface area contributed by atoms with E-state index in [1.807, 2.05) is 60.4 Å². The molecule has 1 saturated heterocycles. The fourth-order valence-corrected chi connectivity index (χ4v) is 3.85. The molecule has 1 fully saturated rings. The van der Waals surface area contributed by atoms with E-state index < -0.39 is 0 Å². The van der Waals surface area contributed by atoms with Crippen molar-refractivity contribution in [2.75, 3.05) is 39.4 Å². The number of benzene rings is 2. The third kappa shape index (κ3) is 7.01. The van der Waals surface area contributed by atoms with Crippen molar-refractivity contribution < 1.29 is 19.1 Å². The van der Waals surface area contributed by atoms with Crippen molar-refractivity contribution in [2.45, 2.75) is 39.5 Å². The van der Waals surface area contributed by atoms with Crippen LogP contribution in [0.25, 0.3) is 0 Å². The molecule has 0 radical (unpaired) electrons. The third-order valence-electron chi connectivity index (χ3n) is 5.62. The van der Waals surface area contributed by atoms with Crippen LogP contribution < -0.4 is 9.47 Å². The number of hydrogen-bond acceptors (Lipinski definition) is 4. The van der Waals surface area contributed by atoms with Gasteiger partial charge in [0.1, 0.15) is 11.5 Å². The summed E-state index contributed by atoms with van der Waals surface area (Å²) in [5.41, 5.74) is 2.24. The fourth-order valence-electron chi connectivity index (χ4n) is 3.85. The molecule has 1 aliphatic heterocycles. The maximum atomic E-state index is 12.8. The Hall–Kier alpha value is -3.02. The number of carbonyl (C=O) groups is 2. The number of carbonyl (C=O) groups excluding carboxylic acids is 2. The van der Waals surface area contributed by atoms with Gasteiger partial charge in [-0.3, -0.25) is 9.59 Å². The van der Waals surface area contributed by atoms with Crippen LogP contribution in [0.5, 0.6) is 11.5 Å². The average molecular weight is 439 g/mol. The molecule has 172 valence electrons. The van der Waals surface area contributed by atoms with Crippen molar-refractivity contribution in [1.82, 2.24) is 9.80 Å². The quantitative estimate of drug-likeness (QED) is 0.599. The van der Waals surface area contributed by atoms with E-state index >= 15 is 0 Å². The van der Waals surface area contributed by atoms with E-state index in [2.05, 4.69) is 6.92 Å². The lowest BCUT2D eigenvalue weighted by molar-refractivity contribution is -0.134. The van der Waals surface area contributed by atoms with Gasteiger partial charge < -0.3 is 19.3 Å². The lowest BCUT2D eigenvalue weighted by Crippen LogP contribution is -2.39. The normalized spacial score (nSPS) is 14.1. The van der Waals surface area contributed by atoms with Gasteiger partial charge in [-0.05, 0) is 55.2 Å². The fraction of sp³-hybridized carbons (Fsp3) is 0.462. The predicted octanol–water partition coefficient (Wildman–Crippen LogP) is 3.72. The Morgan fingerprint density at radius 2 is 1.31 bits per heavy atom. The molecular formula is C26H34N2O4. The number of hydrogen-bond donors (Lipinski definition) is 0. The molecule has 0 bridgehead atoms. The molecule has 0 atom stereocenters. The zero-order valence-electron chi connectivity index (χ0n) is 19.2. The topological polar surface area (TPSA) is 59.1 Å². The van der Waals surface area contributed by atoms with Crippen molar-refractivity contribution in [2.24, 2.45) is 0 Å². The molecule has 1 heterocycles. The zero-order chi connectivity index (χ0) is 22.8. The van der Waals surface area contributed by atoms with Crippen molar-refractivity contribution in [3.8, 4) is 11.5 Å². The summed E-state index contributed by atoms with van der Waals surface area (Å²) in [5, 5.41) is 0. The van der Waals surface area contributed by atoms with Crippen LogP contribution >= 0.6 is 0 Å². The third-order valence-corrected chi connectivity index (χ3v) is 5.62. The zero-order valence-corrected chi connectivity index (χ0v) is 19.2. The molecule has 6 heteroatoms. The van der Waals surface area contributed by atoms with Crippen molar-refractivity contribution >= 4 is 11.8 Å². The predicted molar refractivity (Wildman–Crippen MR) is 125 cm³/mol. The molecule has 2 aromatic rings. The number of rotatable bonds is 9. The first-order valence-electron chi connectivity index (χ1n) is 11.6. The molecule has 3 rings (SSSR count). The Labute approximate surface area is 191 Å². The maximum Gasteiger partial charge on any atom is 0.260 e. The summed E-state index contributed by atoms with van der Waals surface area (Å²) in [5.74, 6) is 1.57. The van der Waals surface area contributed by atoms with Crippen molar-refractivity contribution in [1.29, 1.82) is 0 Å². The maximum absolute atomic E-state index is 12.8. The van der Waals surface area contributed by atoms with Crippen LogP contribution in [0.15, 0.2) is 48.5 Å². The minimum atomic E-state index is -0.0385. The Bertz CT molecular complexity index is 864. The van der Waals surface area contributed by atoms with Gasteiger partial charge in [-0.25, -0.2) is 0 Å². The summed E-state index contributed by atoms with van der Waals surface area (Å²) < 4.78 is 11.1. The van der Waals surface area contributed by atoms with E-state index in [9.17, 15) is 9.59 Å². The summed E-state index contributed by atoms with van der Waals surface area (Å²) in [6.45, 7) is 7.13. The highest BCUT2D eigenvalue weighted by atomic mass is 16.5. The standard InChI is InChI=1S/C26H34N2O4/c1-3-6-21-7-11-24(12-8-21)32-20-26(30)28-16-5-15-27(17-18-28)25(29)19-22-9-13-23(14-10-22)31-4-2/h7-14H,3-6,15-20H2,1-2H3. The molecule has 0 aliphatic carbocycles. The van der Waals surface area contributed by atoms with Crippen LogP contribution in [0.2, 0.25) is 0 Å². The van der Waals surface area contributed by atoms with Crippen LogP contribution in [-0.4, -0.2) is 61.0 Å². The lowest BCUT2D eigenvalue weighted by atomic mass is 10.1. The summed E-state index contributed by atoms with van der Waals surface area (Å²) in [6.07, 6.45) is 3.28. The van der Waals surface area contributed by atoms with E-state index in [1.54, 1.807) is 4.90 Å². The average Bonchev–Trinajstić information content (AvgIpc) is 3.07. The molecule has 6 nitrogen and oxygen atoms in total. The molecule has 32 heavy (non-hydrogen) atoms. The highest BCUT2D eigenvalue weighted by Crippen LogP contribution is 2.15. The largest absolute Gasteiger partial charge is 0.494 e. The Morgan fingerprint density at radius 1 is 0.750 bits per heavy atom. The minimum Gasteiger partial charge on any atom is -0.494 e. The van der Waals surface area contributed by atoms with Gasteiger partial charge in [0.25, 0.3) is 5.91 Å². The smallest absolute Gasteiger partial charge is 0.260 e. The second-order valence-corrected chi connectivity index (χ2v) is 8.05. The first-order valence-corrected chi connectivity index (χ1v) is 11.6. The van der Waals surface area contributed by atoms with E-state index in [0.717, 1.165) is 30.6 Å². The Balaban J connectivity index is 1.45. The Kier molecular flexibility index (Phi) is 8.96. The lowest BCUT2D eigenvalue weighted by Gasteiger charge is -2.22. The highest BCUT2D eigenvalue weighted by Gasteiger charge is 2.22. The van der Waals surface area contributed by atoms with Gasteiger partial charge in [0.05, 0.1) is 13.0 Å². The second-order valence-electron chi connectivity index (χ2n) is 8.05. The summed E-state index contributed by atoms with van der Waals surface area (Å²) in [4.78, 5) is 29.1. The van der Waals surface area contributed by atoms with E-state index in [0.29, 0.717) is 45.0 Å². The van der Waals surface area contributed by atoms with Gasteiger partial charge >= 0.3 is 0 Å². The van der Waals surface area contributed by atoms with Gasteiger partial charge in [0, 0.05) is 26.2 Å². The van der Waals surface area contributed by atoms with Gasteiger partial charge in [-0.2, -0.15) is 0 Å². The van der Waals surface area contributed by atoms with Crippen LogP contribution in [0.1, 0.15) is 37.8 Å². The van der Waals surface area contributed by atoms with Gasteiger partial charge in [-0.15, -0.1) is 0 Å². The second kappa shape index (κ2) is 12.1. The number of aryl methyl sites for hydroxylation is 1. The highest BCUT2D eigenvalue weighted by molar-refractivity contribution is 5.80. The van der Waals surface area contributed by atoms with Crippen LogP contribution in [0.3, 0.4) is 0 Å². The first-order chi connectivity index (χ1) is 15.6. The van der Waals surface area contributed by atoms with E-state index in [1.165, 1.54) is 5.56 Å². The molecule has 0 unspecified atom stereocenters. The summed E-state index contributed by atoms with van der Waals surface area (Å²) in [6, 6.07) is 15.6. The minimum absolute atomic E-state index is 0.0211. The van der Waals surface area contributed by atoms with Crippen molar-refractivity contribution in [3.05, 3.63) is 59.7 Å².